The van der Waals surface area contributed by atoms with Crippen molar-refractivity contribution < 1.29 is 4.79 Å². The summed E-state index contributed by atoms with van der Waals surface area (Å²) < 4.78 is 2.96. The first-order chi connectivity index (χ1) is 14.0. The van der Waals surface area contributed by atoms with Crippen molar-refractivity contribution in [2.24, 2.45) is 0 Å². The summed E-state index contributed by atoms with van der Waals surface area (Å²) in [5, 5.41) is 3.00. The summed E-state index contributed by atoms with van der Waals surface area (Å²) in [4.78, 5) is 17.4. The van der Waals surface area contributed by atoms with Gasteiger partial charge in [-0.3, -0.25) is 4.79 Å². The standard InChI is InChI=1S/C24H22BrN3O/c1-16-6-9-18(10-7-16)24-21(28-14-4-3-5-22(28)27-24)12-13-23(29)26-20-11-8-17(2)15-19(20)25/h3-11,14-15H,12-13H2,1-2H3,(H,26,29). The fourth-order valence-corrected chi connectivity index (χ4v) is 3.99. The van der Waals surface area contributed by atoms with Crippen LogP contribution in [0.15, 0.2) is 71.3 Å². The van der Waals surface area contributed by atoms with Gasteiger partial charge in [-0.15, -0.1) is 0 Å². The Morgan fingerprint density at radius 3 is 2.55 bits per heavy atom. The van der Waals surface area contributed by atoms with Gasteiger partial charge in [0.1, 0.15) is 5.65 Å². The number of aryl methyl sites for hydroxylation is 3. The molecular formula is C24H22BrN3O. The minimum Gasteiger partial charge on any atom is -0.325 e. The third-order valence-corrected chi connectivity index (χ3v) is 5.60. The van der Waals surface area contributed by atoms with Crippen molar-refractivity contribution >= 4 is 33.2 Å². The number of carbonyl (C=O) groups is 1. The number of pyridine rings is 1. The molecule has 0 spiro atoms. The van der Waals surface area contributed by atoms with Crippen molar-refractivity contribution in [3.8, 4) is 11.3 Å². The van der Waals surface area contributed by atoms with Crippen LogP contribution >= 0.6 is 15.9 Å². The van der Waals surface area contributed by atoms with Gasteiger partial charge in [0.15, 0.2) is 0 Å². The predicted molar refractivity (Wildman–Crippen MR) is 121 cm³/mol. The lowest BCUT2D eigenvalue weighted by atomic mass is 10.1. The predicted octanol–water partition coefficient (Wildman–Crippen LogP) is 5.95. The molecule has 0 bridgehead atoms. The Labute approximate surface area is 178 Å². The molecule has 4 nitrogen and oxygen atoms in total. The van der Waals surface area contributed by atoms with Gasteiger partial charge in [0, 0.05) is 22.7 Å². The molecule has 2 aromatic carbocycles. The van der Waals surface area contributed by atoms with Crippen LogP contribution in [0, 0.1) is 13.8 Å². The molecule has 0 fully saturated rings. The molecule has 2 aromatic heterocycles. The minimum atomic E-state index is -0.0182. The van der Waals surface area contributed by atoms with E-state index in [1.165, 1.54) is 5.56 Å². The number of benzene rings is 2. The Balaban J connectivity index is 1.59. The van der Waals surface area contributed by atoms with E-state index < -0.39 is 0 Å². The Kier molecular flexibility index (Phi) is 5.49. The first kappa shape index (κ1) is 19.4. The lowest BCUT2D eigenvalue weighted by molar-refractivity contribution is -0.116. The second-order valence-corrected chi connectivity index (χ2v) is 8.09. The van der Waals surface area contributed by atoms with E-state index in [-0.39, 0.29) is 5.91 Å². The van der Waals surface area contributed by atoms with Crippen molar-refractivity contribution in [1.82, 2.24) is 9.38 Å². The van der Waals surface area contributed by atoms with Gasteiger partial charge in [0.2, 0.25) is 5.91 Å². The molecule has 1 amide bonds. The number of fused-ring (bicyclic) bond motifs is 1. The fraction of sp³-hybridized carbons (Fsp3) is 0.167. The molecule has 0 radical (unpaired) electrons. The second-order valence-electron chi connectivity index (χ2n) is 7.23. The van der Waals surface area contributed by atoms with E-state index in [0.717, 1.165) is 38.3 Å². The maximum Gasteiger partial charge on any atom is 0.224 e. The van der Waals surface area contributed by atoms with Crippen LogP contribution in [0.5, 0.6) is 0 Å². The number of imidazole rings is 1. The van der Waals surface area contributed by atoms with Gasteiger partial charge in [-0.1, -0.05) is 42.0 Å². The molecule has 4 aromatic rings. The topological polar surface area (TPSA) is 46.4 Å². The molecule has 0 unspecified atom stereocenters. The summed E-state index contributed by atoms with van der Waals surface area (Å²) in [5.41, 5.74) is 7.07. The molecule has 0 aliphatic heterocycles. The average molecular weight is 448 g/mol. The van der Waals surface area contributed by atoms with E-state index in [9.17, 15) is 4.79 Å². The molecule has 4 rings (SSSR count). The van der Waals surface area contributed by atoms with Crippen LogP contribution in [0.2, 0.25) is 0 Å². The zero-order chi connectivity index (χ0) is 20.4. The van der Waals surface area contributed by atoms with Gasteiger partial charge in [-0.25, -0.2) is 4.98 Å². The molecule has 146 valence electrons. The van der Waals surface area contributed by atoms with Crippen molar-refractivity contribution in [3.05, 3.63) is 88.2 Å². The van der Waals surface area contributed by atoms with Crippen LogP contribution in [0.4, 0.5) is 5.69 Å². The number of carbonyl (C=O) groups excluding carboxylic acids is 1. The van der Waals surface area contributed by atoms with Crippen LogP contribution in [-0.2, 0) is 11.2 Å². The highest BCUT2D eigenvalue weighted by Crippen LogP contribution is 2.27. The summed E-state index contributed by atoms with van der Waals surface area (Å²) >= 11 is 3.52. The molecule has 29 heavy (non-hydrogen) atoms. The molecule has 5 heteroatoms. The lowest BCUT2D eigenvalue weighted by Crippen LogP contribution is -2.13. The molecule has 0 atom stereocenters. The zero-order valence-corrected chi connectivity index (χ0v) is 18.0. The number of aromatic nitrogens is 2. The smallest absolute Gasteiger partial charge is 0.224 e. The number of hydrogen-bond donors (Lipinski definition) is 1. The number of anilines is 1. The molecule has 0 saturated carbocycles. The van der Waals surface area contributed by atoms with Crippen molar-refractivity contribution in [1.29, 1.82) is 0 Å². The number of hydrogen-bond acceptors (Lipinski definition) is 2. The monoisotopic (exact) mass is 447 g/mol. The maximum absolute atomic E-state index is 12.6. The second kappa shape index (κ2) is 8.21. The van der Waals surface area contributed by atoms with Gasteiger partial charge in [-0.05, 0) is 66.0 Å². The molecule has 0 aliphatic rings. The fourth-order valence-electron chi connectivity index (χ4n) is 3.39. The molecule has 2 heterocycles. The first-order valence-corrected chi connectivity index (χ1v) is 10.4. The van der Waals surface area contributed by atoms with Crippen LogP contribution in [0.1, 0.15) is 23.2 Å². The largest absolute Gasteiger partial charge is 0.325 e. The van der Waals surface area contributed by atoms with E-state index >= 15 is 0 Å². The van der Waals surface area contributed by atoms with Gasteiger partial charge >= 0.3 is 0 Å². The molecular weight excluding hydrogens is 426 g/mol. The summed E-state index contributed by atoms with van der Waals surface area (Å²) in [6, 6.07) is 20.2. The van der Waals surface area contributed by atoms with Crippen LogP contribution in [0.25, 0.3) is 16.9 Å². The lowest BCUT2D eigenvalue weighted by Gasteiger charge is -2.09. The van der Waals surface area contributed by atoms with Crippen molar-refractivity contribution in [3.63, 3.8) is 0 Å². The first-order valence-electron chi connectivity index (χ1n) is 9.60. The van der Waals surface area contributed by atoms with Gasteiger partial charge in [0.05, 0.1) is 17.1 Å². The SMILES string of the molecule is Cc1ccc(-c2nc3ccccn3c2CCC(=O)Nc2ccc(C)cc2Br)cc1. The van der Waals surface area contributed by atoms with Crippen molar-refractivity contribution in [2.45, 2.75) is 26.7 Å². The minimum absolute atomic E-state index is 0.0182. The normalized spacial score (nSPS) is 11.0. The summed E-state index contributed by atoms with van der Waals surface area (Å²) in [7, 11) is 0. The molecule has 0 aliphatic carbocycles. The number of rotatable bonds is 5. The van der Waals surface area contributed by atoms with Gasteiger partial charge < -0.3 is 9.72 Å². The van der Waals surface area contributed by atoms with E-state index in [0.29, 0.717) is 12.8 Å². The highest BCUT2D eigenvalue weighted by Gasteiger charge is 2.15. The van der Waals surface area contributed by atoms with Crippen LogP contribution < -0.4 is 5.32 Å². The Morgan fingerprint density at radius 1 is 1.03 bits per heavy atom. The third kappa shape index (κ3) is 4.25. The van der Waals surface area contributed by atoms with Gasteiger partial charge in [0.25, 0.3) is 0 Å². The highest BCUT2D eigenvalue weighted by atomic mass is 79.9. The maximum atomic E-state index is 12.6. The van der Waals surface area contributed by atoms with E-state index in [1.807, 2.05) is 49.5 Å². The number of halogens is 1. The molecule has 1 N–H and O–H groups in total. The Bertz CT molecular complexity index is 1180. The number of amides is 1. The van der Waals surface area contributed by atoms with Crippen LogP contribution in [-0.4, -0.2) is 15.3 Å². The third-order valence-electron chi connectivity index (χ3n) is 4.94. The Hall–Kier alpha value is -2.92. The van der Waals surface area contributed by atoms with Crippen LogP contribution in [0.3, 0.4) is 0 Å². The number of nitrogens with one attached hydrogen (secondary N) is 1. The quantitative estimate of drug-likeness (QED) is 0.410. The van der Waals surface area contributed by atoms with E-state index in [2.05, 4.69) is 56.8 Å². The van der Waals surface area contributed by atoms with E-state index in [4.69, 9.17) is 4.98 Å². The Morgan fingerprint density at radius 2 is 1.79 bits per heavy atom. The zero-order valence-electron chi connectivity index (χ0n) is 16.4. The number of nitrogens with zero attached hydrogens (tertiary/aromatic N) is 2. The van der Waals surface area contributed by atoms with Gasteiger partial charge in [-0.2, -0.15) is 0 Å². The summed E-state index contributed by atoms with van der Waals surface area (Å²) in [6.45, 7) is 4.09. The summed E-state index contributed by atoms with van der Waals surface area (Å²) in [6.07, 6.45) is 2.98. The van der Waals surface area contributed by atoms with Crippen molar-refractivity contribution in [2.75, 3.05) is 5.32 Å². The summed E-state index contributed by atoms with van der Waals surface area (Å²) in [5.74, 6) is -0.0182. The highest BCUT2D eigenvalue weighted by molar-refractivity contribution is 9.10. The van der Waals surface area contributed by atoms with E-state index in [1.54, 1.807) is 0 Å². The average Bonchev–Trinajstić information content (AvgIpc) is 3.08. The molecule has 0 saturated heterocycles.